The predicted octanol–water partition coefficient (Wildman–Crippen LogP) is 3.90. The minimum Gasteiger partial charge on any atom is -0.507 e. The van der Waals surface area contributed by atoms with E-state index in [1.54, 1.807) is 70.7 Å². The molecule has 0 spiro atoms. The third kappa shape index (κ3) is 13.2. The van der Waals surface area contributed by atoms with E-state index in [4.69, 9.17) is 14.0 Å². The predicted molar refractivity (Wildman–Crippen MR) is 278 cm³/mol. The summed E-state index contributed by atoms with van der Waals surface area (Å²) < 4.78 is 31.9. The van der Waals surface area contributed by atoms with Crippen molar-refractivity contribution in [1.29, 1.82) is 0 Å². The zero-order valence-corrected chi connectivity index (χ0v) is 44.3. The second-order valence-corrected chi connectivity index (χ2v) is 21.5. The first kappa shape index (κ1) is 55.3. The maximum atomic E-state index is 14.7. The number of aliphatic hydroxyl groups is 1. The Morgan fingerprint density at radius 3 is 2.31 bits per heavy atom. The number of likely N-dealkylation sites (tertiary alicyclic amines) is 1. The number of alkyl halides is 1. The average Bonchev–Trinajstić information content (AvgIpc) is 3.86. The number of aliphatic hydroxyl groups excluding tert-OH is 1. The van der Waals surface area contributed by atoms with Crippen LogP contribution in [0.25, 0.3) is 21.8 Å². The van der Waals surface area contributed by atoms with Crippen LogP contribution in [0.15, 0.2) is 70.7 Å². The van der Waals surface area contributed by atoms with Crippen LogP contribution in [0, 0.1) is 12.3 Å². The van der Waals surface area contributed by atoms with Crippen LogP contribution >= 0.6 is 11.3 Å². The lowest BCUT2D eigenvalue weighted by atomic mass is 9.85. The van der Waals surface area contributed by atoms with E-state index in [1.807, 2.05) is 19.1 Å². The standard InChI is InChI=1S/C54H62FN9O12S/c1-29-46(77-28-59-29)32-7-8-33(24-58-49(70)40-21-34(65)25-64(40)51(72)47(53(2,3)4)61-52(73)54(55)15-16-54)42(20-32)75-27-45(68)57-18-17-56-44(67)26-74-35-12-9-30-11-14-38(37(30)22-35)60-48(69)39-23-43(76-62-39)31-10-13-36(41(66)19-31)50(71)63(5)6/h7-10,12-13,19-20,22-23,28,34,38,40,47,65-66H,11,14-18,21,24-27H2,1-6H3,(H,56,67)(H,57,68)(H,58,70)(H,60,69)(H,61,73)/t34-,38-,40+,47?/m1/s1. The third-order valence-electron chi connectivity index (χ3n) is 13.5. The molecule has 0 radical (unpaired) electrons. The molecule has 0 bridgehead atoms. The molecule has 8 rings (SSSR count). The largest absolute Gasteiger partial charge is 0.507 e. The Hall–Kier alpha value is -7.92. The number of hydrogen-bond acceptors (Lipinski definition) is 15. The average molecular weight is 1080 g/mol. The van der Waals surface area contributed by atoms with Crippen molar-refractivity contribution in [2.24, 2.45) is 5.41 Å². The molecule has 77 heavy (non-hydrogen) atoms. The molecule has 21 nitrogen and oxygen atoms in total. The summed E-state index contributed by atoms with van der Waals surface area (Å²) >= 11 is 1.42. The van der Waals surface area contributed by atoms with Gasteiger partial charge in [-0.15, -0.1) is 11.3 Å². The number of aryl methyl sites for hydroxylation is 2. The number of fused-ring (bicyclic) bond motifs is 1. The lowest BCUT2D eigenvalue weighted by Crippen LogP contribution is -2.59. The molecule has 3 aliphatic rings. The Balaban J connectivity index is 0.801. The monoisotopic (exact) mass is 1080 g/mol. The third-order valence-corrected chi connectivity index (χ3v) is 14.5. The Morgan fingerprint density at radius 1 is 0.935 bits per heavy atom. The molecule has 1 unspecified atom stereocenters. The molecule has 7 amide bonds. The van der Waals surface area contributed by atoms with Gasteiger partial charge in [0, 0.05) is 63.9 Å². The zero-order chi connectivity index (χ0) is 55.3. The van der Waals surface area contributed by atoms with Crippen LogP contribution in [0.5, 0.6) is 17.2 Å². The van der Waals surface area contributed by atoms with Gasteiger partial charge in [0.05, 0.1) is 33.8 Å². The summed E-state index contributed by atoms with van der Waals surface area (Å²) in [5.74, 6) is -3.16. The molecule has 1 saturated carbocycles. The first-order valence-corrected chi connectivity index (χ1v) is 26.0. The lowest BCUT2D eigenvalue weighted by Gasteiger charge is -2.35. The first-order valence-electron chi connectivity index (χ1n) is 25.1. The Labute approximate surface area is 447 Å². The van der Waals surface area contributed by atoms with Gasteiger partial charge in [0.1, 0.15) is 29.3 Å². The van der Waals surface area contributed by atoms with Crippen LogP contribution in [0.2, 0.25) is 0 Å². The normalized spacial score (nSPS) is 17.6. The summed E-state index contributed by atoms with van der Waals surface area (Å²) in [6.45, 7) is 6.19. The van der Waals surface area contributed by atoms with E-state index in [1.165, 1.54) is 39.3 Å². The quantitative estimate of drug-likeness (QED) is 0.0545. The highest BCUT2D eigenvalue weighted by Crippen LogP contribution is 2.41. The fraction of sp³-hybridized carbons (Fsp3) is 0.426. The maximum Gasteiger partial charge on any atom is 0.273 e. The number of nitrogens with one attached hydrogen (secondary N) is 5. The van der Waals surface area contributed by atoms with Gasteiger partial charge in [-0.05, 0) is 85.0 Å². The number of hydrogen-bond donors (Lipinski definition) is 7. The number of ether oxygens (including phenoxy) is 2. The summed E-state index contributed by atoms with van der Waals surface area (Å²) in [5, 5.41) is 38.8. The SMILES string of the molecule is Cc1ncsc1-c1ccc(CNC(=O)[C@@H]2C[C@@H](O)CN2C(=O)C(NC(=O)C2(F)CC2)C(C)(C)C)c(OCC(=O)NCCNC(=O)COc2ccc3c(c2)[C@H](NC(=O)c2cc(-c4ccc(C(=O)N(C)C)c(O)c4)on2)CC3)c1. The molecule has 23 heteroatoms. The maximum absolute atomic E-state index is 14.7. The van der Waals surface area contributed by atoms with Crippen LogP contribution in [-0.4, -0.2) is 142 Å². The van der Waals surface area contributed by atoms with Crippen molar-refractivity contribution in [3.63, 3.8) is 0 Å². The van der Waals surface area contributed by atoms with Crippen molar-refractivity contribution >= 4 is 52.7 Å². The number of amides is 7. The molecule has 5 aromatic rings. The summed E-state index contributed by atoms with van der Waals surface area (Å²) in [4.78, 5) is 99.6. The van der Waals surface area contributed by atoms with Crippen molar-refractivity contribution in [2.75, 3.05) is 46.9 Å². The lowest BCUT2D eigenvalue weighted by molar-refractivity contribution is -0.145. The van der Waals surface area contributed by atoms with Crippen molar-refractivity contribution in [3.05, 3.63) is 99.8 Å². The molecule has 2 aliphatic carbocycles. The van der Waals surface area contributed by atoms with Gasteiger partial charge < -0.3 is 60.6 Å². The van der Waals surface area contributed by atoms with Gasteiger partial charge in [-0.1, -0.05) is 50.2 Å². The fourth-order valence-electron chi connectivity index (χ4n) is 9.05. The number of phenolic OH excluding ortho intramolecular Hbond substituents is 1. The second-order valence-electron chi connectivity index (χ2n) is 20.7. The van der Waals surface area contributed by atoms with E-state index in [9.17, 15) is 48.2 Å². The number of halogens is 1. The molecule has 1 saturated heterocycles. The van der Waals surface area contributed by atoms with Gasteiger partial charge in [0.15, 0.2) is 30.3 Å². The van der Waals surface area contributed by atoms with Crippen LogP contribution in [0.4, 0.5) is 4.39 Å². The minimum atomic E-state index is -2.02. The summed E-state index contributed by atoms with van der Waals surface area (Å²) in [5.41, 5.74) is 3.29. The molecular formula is C54H62FN9O12S. The first-order chi connectivity index (χ1) is 36.6. The number of nitrogens with zero attached hydrogens (tertiary/aromatic N) is 4. The number of thiazole rings is 1. The minimum absolute atomic E-state index is 0.0196. The molecule has 2 fully saturated rings. The van der Waals surface area contributed by atoms with Gasteiger partial charge in [0.2, 0.25) is 11.8 Å². The van der Waals surface area contributed by atoms with Crippen molar-refractivity contribution < 1.29 is 62.2 Å². The summed E-state index contributed by atoms with van der Waals surface area (Å²) in [6, 6.07) is 13.9. The van der Waals surface area contributed by atoms with Crippen LogP contribution in [0.3, 0.4) is 0 Å². The molecule has 2 aromatic heterocycles. The van der Waals surface area contributed by atoms with Gasteiger partial charge in [-0.25, -0.2) is 9.37 Å². The highest BCUT2D eigenvalue weighted by Gasteiger charge is 2.53. The highest BCUT2D eigenvalue weighted by molar-refractivity contribution is 7.13. The van der Waals surface area contributed by atoms with E-state index >= 15 is 0 Å². The van der Waals surface area contributed by atoms with E-state index in [0.717, 1.165) is 27.3 Å². The van der Waals surface area contributed by atoms with Gasteiger partial charge >= 0.3 is 0 Å². The topological polar surface area (TPSA) is 284 Å². The molecule has 4 atom stereocenters. The number of aromatic hydroxyl groups is 1. The van der Waals surface area contributed by atoms with Gasteiger partial charge in [-0.3, -0.25) is 33.6 Å². The van der Waals surface area contributed by atoms with Gasteiger partial charge in [-0.2, -0.15) is 0 Å². The number of aromatic nitrogens is 2. The number of phenols is 1. The van der Waals surface area contributed by atoms with E-state index in [0.29, 0.717) is 29.7 Å². The number of rotatable bonds is 20. The Kier molecular flexibility index (Phi) is 16.6. The second kappa shape index (κ2) is 23.1. The number of benzene rings is 3. The summed E-state index contributed by atoms with van der Waals surface area (Å²) in [6.07, 6.45) is 0.377. The molecule has 3 heterocycles. The van der Waals surface area contributed by atoms with E-state index in [-0.39, 0.29) is 92.5 Å². The van der Waals surface area contributed by atoms with Crippen molar-refractivity contribution in [2.45, 2.75) is 96.2 Å². The molecule has 1 aliphatic heterocycles. The fourth-order valence-corrected chi connectivity index (χ4v) is 9.85. The van der Waals surface area contributed by atoms with E-state index < -0.39 is 71.3 Å². The highest BCUT2D eigenvalue weighted by atomic mass is 32.1. The molecular weight excluding hydrogens is 1020 g/mol. The van der Waals surface area contributed by atoms with Crippen molar-refractivity contribution in [3.8, 4) is 39.0 Å². The van der Waals surface area contributed by atoms with Crippen LogP contribution < -0.4 is 36.1 Å². The van der Waals surface area contributed by atoms with Crippen molar-refractivity contribution in [1.82, 2.24) is 46.5 Å². The molecule has 3 aromatic carbocycles. The number of carbonyl (C=O) groups is 7. The molecule has 7 N–H and O–H groups in total. The van der Waals surface area contributed by atoms with Gasteiger partial charge in [0.25, 0.3) is 29.5 Å². The Bertz CT molecular complexity index is 3080. The van der Waals surface area contributed by atoms with Crippen LogP contribution in [0.1, 0.15) is 95.7 Å². The van der Waals surface area contributed by atoms with E-state index in [2.05, 4.69) is 36.7 Å². The number of carbonyl (C=O) groups excluding carboxylic acids is 7. The smallest absolute Gasteiger partial charge is 0.273 e. The Morgan fingerprint density at radius 2 is 1.65 bits per heavy atom. The molecule has 408 valence electrons. The number of β-amino-alcohol motifs (C(OH)–C–C–N with tert-alkyl or cyclic N) is 1. The zero-order valence-electron chi connectivity index (χ0n) is 43.5. The summed E-state index contributed by atoms with van der Waals surface area (Å²) in [7, 11) is 3.15. The van der Waals surface area contributed by atoms with Crippen LogP contribution in [-0.2, 0) is 36.9 Å².